The average Bonchev–Trinajstić information content (AvgIpc) is 3.22. The molecule has 2 rings (SSSR count). The molecule has 0 amide bonds. The Morgan fingerprint density at radius 2 is 1.79 bits per heavy atom. The Labute approximate surface area is 197 Å². The smallest absolute Gasteiger partial charge is 0.331 e. The van der Waals surface area contributed by atoms with Crippen LogP contribution in [0.15, 0.2) is 12.2 Å². The molecule has 0 aromatic carbocycles. The molecule has 0 radical (unpaired) electrons. The molecule has 12 heteroatoms. The van der Waals surface area contributed by atoms with E-state index < -0.39 is 24.1 Å². The van der Waals surface area contributed by atoms with E-state index in [4.69, 9.17) is 18.9 Å². The number of esters is 2. The van der Waals surface area contributed by atoms with Crippen LogP contribution >= 0.6 is 11.7 Å². The second-order valence-corrected chi connectivity index (χ2v) is 9.04. The predicted octanol–water partition coefficient (Wildman–Crippen LogP) is 1.13. The summed E-state index contributed by atoms with van der Waals surface area (Å²) < 4.78 is 30.1. The van der Waals surface area contributed by atoms with E-state index in [1.54, 1.807) is 0 Å². The van der Waals surface area contributed by atoms with Gasteiger partial charge in [-0.25, -0.2) is 9.59 Å². The number of nitrogens with zero attached hydrogens (tertiary/aromatic N) is 3. The van der Waals surface area contributed by atoms with Crippen molar-refractivity contribution in [1.29, 1.82) is 0 Å². The van der Waals surface area contributed by atoms with E-state index in [9.17, 15) is 14.4 Å². The van der Waals surface area contributed by atoms with Crippen LogP contribution in [0.1, 0.15) is 34.6 Å². The average molecular weight is 485 g/mol. The van der Waals surface area contributed by atoms with Crippen LogP contribution in [0.25, 0.3) is 0 Å². The van der Waals surface area contributed by atoms with Gasteiger partial charge in [0.1, 0.15) is 12.7 Å². The highest BCUT2D eigenvalue weighted by Gasteiger charge is 2.23. The number of morpholine rings is 1. The van der Waals surface area contributed by atoms with E-state index in [0.717, 1.165) is 23.9 Å². The molecule has 1 fully saturated rings. The van der Waals surface area contributed by atoms with Gasteiger partial charge in [0.15, 0.2) is 11.9 Å². The molecule has 1 aromatic heterocycles. The summed E-state index contributed by atoms with van der Waals surface area (Å²) >= 11 is 1.04. The predicted molar refractivity (Wildman–Crippen MR) is 121 cm³/mol. The molecule has 0 bridgehead atoms. The van der Waals surface area contributed by atoms with E-state index in [-0.39, 0.29) is 17.9 Å². The van der Waals surface area contributed by atoms with Crippen molar-refractivity contribution < 1.29 is 33.3 Å². The third-order valence-electron chi connectivity index (χ3n) is 4.52. The minimum Gasteiger partial charge on any atom is -0.470 e. The van der Waals surface area contributed by atoms with Crippen LogP contribution in [0.5, 0.6) is 5.88 Å². The summed E-state index contributed by atoms with van der Waals surface area (Å²) in [7, 11) is 0. The number of rotatable bonds is 11. The minimum atomic E-state index is -0.886. The van der Waals surface area contributed by atoms with Crippen LogP contribution < -0.4 is 15.0 Å². The van der Waals surface area contributed by atoms with Crippen molar-refractivity contribution in [2.75, 3.05) is 44.4 Å². The highest BCUT2D eigenvalue weighted by Crippen LogP contribution is 2.26. The fourth-order valence-corrected chi connectivity index (χ4v) is 3.12. The monoisotopic (exact) mass is 484 g/mol. The van der Waals surface area contributed by atoms with Gasteiger partial charge in [0.2, 0.25) is 5.82 Å². The fraction of sp³-hybridized carbons (Fsp3) is 0.667. The van der Waals surface area contributed by atoms with Gasteiger partial charge in [-0.3, -0.25) is 4.79 Å². The molecule has 0 spiro atoms. The first-order valence-corrected chi connectivity index (χ1v) is 11.4. The number of ketones is 1. The first-order chi connectivity index (χ1) is 15.5. The van der Waals surface area contributed by atoms with Crippen LogP contribution in [-0.2, 0) is 28.6 Å². The van der Waals surface area contributed by atoms with E-state index in [1.807, 2.05) is 25.7 Å². The second-order valence-electron chi connectivity index (χ2n) is 8.52. The lowest BCUT2D eigenvalue weighted by atomic mass is 10.1. The van der Waals surface area contributed by atoms with Gasteiger partial charge in [0, 0.05) is 37.3 Å². The van der Waals surface area contributed by atoms with Gasteiger partial charge >= 0.3 is 11.9 Å². The number of aromatic nitrogens is 2. The quantitative estimate of drug-likeness (QED) is 0.358. The Hall–Kier alpha value is -2.57. The summed E-state index contributed by atoms with van der Waals surface area (Å²) in [6.45, 7) is 11.7. The third-order valence-corrected chi connectivity index (χ3v) is 5.02. The van der Waals surface area contributed by atoms with E-state index >= 15 is 0 Å². The van der Waals surface area contributed by atoms with Gasteiger partial charge in [0.25, 0.3) is 5.88 Å². The molecular formula is C21H32N4O7S. The number of ether oxygens (including phenoxy) is 4. The normalized spacial score (nSPS) is 16.3. The van der Waals surface area contributed by atoms with E-state index in [2.05, 4.69) is 14.1 Å². The lowest BCUT2D eigenvalue weighted by Gasteiger charge is -2.27. The van der Waals surface area contributed by atoms with Crippen molar-refractivity contribution in [2.24, 2.45) is 0 Å². The Bertz CT molecular complexity index is 831. The second kappa shape index (κ2) is 12.6. The standard InChI is InChI=1S/C21H32N4O7S/c1-14(26)15(2)31-17(27)6-7-18(28)32-16(12-22-21(3,4)5)13-30-20-19(23-33-24-20)25-8-10-29-11-9-25/h6-7,15-16,22H,8-13H2,1-5H3/b7-6-/t15?,16-/m0/s1. The van der Waals surface area contributed by atoms with Gasteiger partial charge < -0.3 is 29.2 Å². The summed E-state index contributed by atoms with van der Waals surface area (Å²) in [5.74, 6) is -0.830. The number of carbonyl (C=O) groups is 3. The summed E-state index contributed by atoms with van der Waals surface area (Å²) in [5, 5.41) is 3.27. The Balaban J connectivity index is 1.96. The topological polar surface area (TPSA) is 129 Å². The van der Waals surface area contributed by atoms with Crippen LogP contribution in [0.4, 0.5) is 5.82 Å². The molecular weight excluding hydrogens is 452 g/mol. The van der Waals surface area contributed by atoms with Crippen molar-refractivity contribution in [2.45, 2.75) is 52.4 Å². The van der Waals surface area contributed by atoms with Crippen molar-refractivity contribution in [3.63, 3.8) is 0 Å². The molecule has 1 unspecified atom stereocenters. The molecule has 1 saturated heterocycles. The molecule has 11 nitrogen and oxygen atoms in total. The van der Waals surface area contributed by atoms with Gasteiger partial charge in [-0.05, 0) is 34.6 Å². The van der Waals surface area contributed by atoms with Gasteiger partial charge in [0.05, 0.1) is 24.9 Å². The van der Waals surface area contributed by atoms with Crippen molar-refractivity contribution in [1.82, 2.24) is 14.1 Å². The number of nitrogens with one attached hydrogen (secondary N) is 1. The zero-order valence-corrected chi connectivity index (χ0v) is 20.5. The highest BCUT2D eigenvalue weighted by molar-refractivity contribution is 6.99. The molecule has 1 aromatic rings. The van der Waals surface area contributed by atoms with Gasteiger partial charge in [-0.1, -0.05) is 0 Å². The summed E-state index contributed by atoms with van der Waals surface area (Å²) in [6, 6.07) is 0. The lowest BCUT2D eigenvalue weighted by molar-refractivity contribution is -0.149. The highest BCUT2D eigenvalue weighted by atomic mass is 32.1. The van der Waals surface area contributed by atoms with Crippen LogP contribution in [0.2, 0.25) is 0 Å². The summed E-state index contributed by atoms with van der Waals surface area (Å²) in [4.78, 5) is 37.2. The van der Waals surface area contributed by atoms with Gasteiger partial charge in [-0.15, -0.1) is 4.37 Å². The van der Waals surface area contributed by atoms with Crippen LogP contribution in [0, 0.1) is 0 Å². The largest absolute Gasteiger partial charge is 0.470 e. The molecule has 33 heavy (non-hydrogen) atoms. The maximum Gasteiger partial charge on any atom is 0.331 e. The molecule has 1 N–H and O–H groups in total. The first-order valence-electron chi connectivity index (χ1n) is 10.7. The number of Topliss-reactive ketones (excluding diaryl/α,β-unsaturated/α-hetero) is 1. The van der Waals surface area contributed by atoms with E-state index in [1.165, 1.54) is 13.8 Å². The van der Waals surface area contributed by atoms with Gasteiger partial charge in [-0.2, -0.15) is 4.37 Å². The number of hydrogen-bond acceptors (Lipinski definition) is 12. The minimum absolute atomic E-state index is 0.0389. The Morgan fingerprint density at radius 1 is 1.15 bits per heavy atom. The molecule has 184 valence electrons. The van der Waals surface area contributed by atoms with Crippen molar-refractivity contribution >= 4 is 35.3 Å². The van der Waals surface area contributed by atoms with Crippen LogP contribution in [0.3, 0.4) is 0 Å². The van der Waals surface area contributed by atoms with E-state index in [0.29, 0.717) is 44.5 Å². The number of carbonyl (C=O) groups excluding carboxylic acids is 3. The molecule has 1 aliphatic heterocycles. The molecule has 1 aliphatic rings. The van der Waals surface area contributed by atoms with Crippen molar-refractivity contribution in [3.8, 4) is 5.88 Å². The summed E-state index contributed by atoms with van der Waals surface area (Å²) in [5.41, 5.74) is -0.214. The lowest BCUT2D eigenvalue weighted by Crippen LogP contribution is -2.44. The zero-order chi connectivity index (χ0) is 24.4. The zero-order valence-electron chi connectivity index (χ0n) is 19.7. The molecule has 2 atom stereocenters. The Morgan fingerprint density at radius 3 is 2.39 bits per heavy atom. The number of hydrogen-bond donors (Lipinski definition) is 1. The molecule has 0 saturated carbocycles. The molecule has 0 aliphatic carbocycles. The first kappa shape index (κ1) is 26.7. The third kappa shape index (κ3) is 9.84. The Kier molecular flexibility index (Phi) is 10.2. The molecule has 2 heterocycles. The fourth-order valence-electron chi connectivity index (χ4n) is 2.60. The SMILES string of the molecule is CC(=O)C(C)OC(=O)/C=C\C(=O)O[C@@H](CNC(C)(C)C)COc1nsnc1N1CCOCC1. The van der Waals surface area contributed by atoms with Crippen molar-refractivity contribution in [3.05, 3.63) is 12.2 Å². The summed E-state index contributed by atoms with van der Waals surface area (Å²) in [6.07, 6.45) is 0.344. The maximum absolute atomic E-state index is 12.3. The van der Waals surface area contributed by atoms with Crippen LogP contribution in [-0.4, -0.2) is 83.7 Å². The number of anilines is 1. The maximum atomic E-state index is 12.3.